The Morgan fingerprint density at radius 2 is 1.83 bits per heavy atom. The van der Waals surface area contributed by atoms with Gasteiger partial charge in [0.25, 0.3) is 0 Å². The largest absolute Gasteiger partial charge is 0.379 e. The number of hydrogen-bond donors (Lipinski definition) is 1. The smallest absolute Gasteiger partial charge is 0.339 e. The summed E-state index contributed by atoms with van der Waals surface area (Å²) >= 11 is 7.30. The Bertz CT molecular complexity index is 1240. The predicted molar refractivity (Wildman–Crippen MR) is 114 cm³/mol. The first-order valence-corrected chi connectivity index (χ1v) is 11.1. The standard InChI is InChI=1S/C20H14ClN3O3S2/c21-14-5-3-8-17(11-14)29(25,26)27-16-7-4-6-15(12-16)23-20-24-19(13-28-20)18-9-1-2-10-22-18/h1-13H,(H,23,24). The van der Waals surface area contributed by atoms with E-state index in [9.17, 15) is 8.42 Å². The Kier molecular flexibility index (Phi) is 5.48. The molecule has 0 aliphatic heterocycles. The molecule has 146 valence electrons. The molecule has 0 unspecified atom stereocenters. The van der Waals surface area contributed by atoms with E-state index in [1.54, 1.807) is 42.6 Å². The Labute approximate surface area is 176 Å². The average Bonchev–Trinajstić information content (AvgIpc) is 3.17. The first-order valence-electron chi connectivity index (χ1n) is 8.44. The zero-order chi connectivity index (χ0) is 20.3. The summed E-state index contributed by atoms with van der Waals surface area (Å²) in [6.45, 7) is 0. The van der Waals surface area contributed by atoms with Crippen LogP contribution in [0.2, 0.25) is 5.02 Å². The van der Waals surface area contributed by atoms with Crippen LogP contribution >= 0.6 is 22.9 Å². The van der Waals surface area contributed by atoms with Gasteiger partial charge in [0.2, 0.25) is 0 Å². The van der Waals surface area contributed by atoms with Gasteiger partial charge in [0.1, 0.15) is 16.3 Å². The van der Waals surface area contributed by atoms with Crippen molar-refractivity contribution in [3.05, 3.63) is 83.3 Å². The van der Waals surface area contributed by atoms with Crippen molar-refractivity contribution < 1.29 is 12.6 Å². The minimum atomic E-state index is -3.99. The van der Waals surface area contributed by atoms with Gasteiger partial charge in [-0.2, -0.15) is 8.42 Å². The summed E-state index contributed by atoms with van der Waals surface area (Å²) in [4.78, 5) is 8.78. The Morgan fingerprint density at radius 1 is 0.966 bits per heavy atom. The van der Waals surface area contributed by atoms with E-state index in [2.05, 4.69) is 15.3 Å². The van der Waals surface area contributed by atoms with Crippen molar-refractivity contribution >= 4 is 43.9 Å². The van der Waals surface area contributed by atoms with Crippen molar-refractivity contribution in [2.24, 2.45) is 0 Å². The molecule has 0 radical (unpaired) electrons. The van der Waals surface area contributed by atoms with E-state index in [1.165, 1.54) is 23.5 Å². The van der Waals surface area contributed by atoms with Crippen molar-refractivity contribution in [1.29, 1.82) is 0 Å². The second-order valence-corrected chi connectivity index (χ2v) is 8.74. The summed E-state index contributed by atoms with van der Waals surface area (Å²) in [5, 5.41) is 6.02. The highest BCUT2D eigenvalue weighted by atomic mass is 35.5. The molecule has 0 aliphatic carbocycles. The average molecular weight is 444 g/mol. The lowest BCUT2D eigenvalue weighted by atomic mass is 10.3. The number of aromatic nitrogens is 2. The Balaban J connectivity index is 1.52. The quantitative estimate of drug-likeness (QED) is 0.403. The van der Waals surface area contributed by atoms with Crippen LogP contribution in [0.15, 0.2) is 83.2 Å². The number of anilines is 2. The van der Waals surface area contributed by atoms with Gasteiger partial charge in [-0.25, -0.2) is 4.98 Å². The van der Waals surface area contributed by atoms with Crippen molar-refractivity contribution in [2.75, 3.05) is 5.32 Å². The summed E-state index contributed by atoms with van der Waals surface area (Å²) in [6, 6.07) is 18.2. The number of halogens is 1. The van der Waals surface area contributed by atoms with Gasteiger partial charge in [-0.1, -0.05) is 29.8 Å². The molecule has 0 saturated carbocycles. The summed E-state index contributed by atoms with van der Waals surface area (Å²) in [6.07, 6.45) is 1.71. The molecule has 29 heavy (non-hydrogen) atoms. The maximum absolute atomic E-state index is 12.5. The van der Waals surface area contributed by atoms with E-state index in [1.807, 2.05) is 23.6 Å². The van der Waals surface area contributed by atoms with Crippen molar-refractivity contribution in [3.8, 4) is 17.1 Å². The highest BCUT2D eigenvalue weighted by Gasteiger charge is 2.17. The van der Waals surface area contributed by atoms with E-state index in [4.69, 9.17) is 15.8 Å². The summed E-state index contributed by atoms with van der Waals surface area (Å²) in [7, 11) is -3.99. The van der Waals surface area contributed by atoms with Crippen LogP contribution in [-0.2, 0) is 10.1 Å². The topological polar surface area (TPSA) is 81.2 Å². The van der Waals surface area contributed by atoms with E-state index in [0.29, 0.717) is 15.8 Å². The molecule has 0 fully saturated rings. The number of rotatable bonds is 6. The number of nitrogens with zero attached hydrogens (tertiary/aromatic N) is 2. The van der Waals surface area contributed by atoms with Crippen LogP contribution in [-0.4, -0.2) is 18.4 Å². The first-order chi connectivity index (χ1) is 14.0. The van der Waals surface area contributed by atoms with Gasteiger partial charge in [-0.3, -0.25) is 4.98 Å². The third kappa shape index (κ3) is 4.73. The van der Waals surface area contributed by atoms with Crippen LogP contribution in [0.4, 0.5) is 10.8 Å². The van der Waals surface area contributed by atoms with Gasteiger partial charge in [-0.15, -0.1) is 11.3 Å². The van der Waals surface area contributed by atoms with Crippen LogP contribution < -0.4 is 9.50 Å². The normalized spacial score (nSPS) is 11.2. The zero-order valence-electron chi connectivity index (χ0n) is 14.8. The third-order valence-corrected chi connectivity index (χ3v) is 6.04. The molecule has 1 N–H and O–H groups in total. The van der Waals surface area contributed by atoms with Gasteiger partial charge in [0, 0.05) is 28.4 Å². The van der Waals surface area contributed by atoms with E-state index < -0.39 is 10.1 Å². The number of hydrogen-bond acceptors (Lipinski definition) is 7. The minimum absolute atomic E-state index is 0.0108. The van der Waals surface area contributed by atoms with Gasteiger partial charge in [-0.05, 0) is 42.5 Å². The zero-order valence-corrected chi connectivity index (χ0v) is 17.2. The Hall–Kier alpha value is -2.94. The van der Waals surface area contributed by atoms with Crippen LogP contribution in [0, 0.1) is 0 Å². The molecule has 0 amide bonds. The molecule has 4 rings (SSSR count). The monoisotopic (exact) mass is 443 g/mol. The molecule has 0 bridgehead atoms. The maximum atomic E-state index is 12.5. The molecular formula is C20H14ClN3O3S2. The highest BCUT2D eigenvalue weighted by Crippen LogP contribution is 2.28. The summed E-state index contributed by atoms with van der Waals surface area (Å²) in [5.74, 6) is 0.177. The number of benzene rings is 2. The SMILES string of the molecule is O=S(=O)(Oc1cccc(Nc2nc(-c3ccccn3)cs2)c1)c1cccc(Cl)c1. The first kappa shape index (κ1) is 19.4. The summed E-state index contributed by atoms with van der Waals surface area (Å²) in [5.41, 5.74) is 2.18. The van der Waals surface area contributed by atoms with Crippen molar-refractivity contribution in [3.63, 3.8) is 0 Å². The molecule has 6 nitrogen and oxygen atoms in total. The molecule has 0 saturated heterocycles. The lowest BCUT2D eigenvalue weighted by Gasteiger charge is -2.09. The van der Waals surface area contributed by atoms with E-state index in [0.717, 1.165) is 11.4 Å². The third-order valence-electron chi connectivity index (χ3n) is 3.81. The molecule has 2 heterocycles. The molecule has 2 aromatic heterocycles. The second kappa shape index (κ2) is 8.20. The molecule has 9 heteroatoms. The van der Waals surface area contributed by atoms with Crippen LogP contribution in [0.3, 0.4) is 0 Å². The highest BCUT2D eigenvalue weighted by molar-refractivity contribution is 7.87. The van der Waals surface area contributed by atoms with Crippen LogP contribution in [0.5, 0.6) is 5.75 Å². The van der Waals surface area contributed by atoms with E-state index in [-0.39, 0.29) is 10.6 Å². The lowest BCUT2D eigenvalue weighted by molar-refractivity contribution is 0.486. The lowest BCUT2D eigenvalue weighted by Crippen LogP contribution is -2.09. The molecular weight excluding hydrogens is 430 g/mol. The second-order valence-electron chi connectivity index (χ2n) is 5.90. The fourth-order valence-electron chi connectivity index (χ4n) is 2.51. The number of nitrogens with one attached hydrogen (secondary N) is 1. The van der Waals surface area contributed by atoms with Gasteiger partial charge in [0.15, 0.2) is 5.13 Å². The molecule has 0 atom stereocenters. The maximum Gasteiger partial charge on any atom is 0.339 e. The van der Waals surface area contributed by atoms with Crippen LogP contribution in [0.25, 0.3) is 11.4 Å². The van der Waals surface area contributed by atoms with E-state index >= 15 is 0 Å². The number of thiazole rings is 1. The molecule has 0 spiro atoms. The number of pyridine rings is 1. The minimum Gasteiger partial charge on any atom is -0.379 e. The Morgan fingerprint density at radius 3 is 2.62 bits per heavy atom. The molecule has 2 aromatic carbocycles. The predicted octanol–water partition coefficient (Wildman–Crippen LogP) is 5.37. The van der Waals surface area contributed by atoms with Crippen molar-refractivity contribution in [2.45, 2.75) is 4.90 Å². The molecule has 0 aliphatic rings. The van der Waals surface area contributed by atoms with Crippen LogP contribution in [0.1, 0.15) is 0 Å². The van der Waals surface area contributed by atoms with Crippen molar-refractivity contribution in [1.82, 2.24) is 9.97 Å². The molecule has 4 aromatic rings. The fraction of sp³-hybridized carbons (Fsp3) is 0. The van der Waals surface area contributed by atoms with Gasteiger partial charge < -0.3 is 9.50 Å². The van der Waals surface area contributed by atoms with Gasteiger partial charge in [0.05, 0.1) is 5.69 Å². The fourth-order valence-corrected chi connectivity index (χ4v) is 4.46. The summed E-state index contributed by atoms with van der Waals surface area (Å²) < 4.78 is 30.2. The van der Waals surface area contributed by atoms with Gasteiger partial charge >= 0.3 is 10.1 Å².